The van der Waals surface area contributed by atoms with Gasteiger partial charge in [0.25, 0.3) is 0 Å². The first-order valence-corrected chi connectivity index (χ1v) is 5.06. The molecule has 0 unspecified atom stereocenters. The summed E-state index contributed by atoms with van der Waals surface area (Å²) in [5.41, 5.74) is 2.42. The number of hydrogen-bond donors (Lipinski definition) is 0. The van der Waals surface area contributed by atoms with Gasteiger partial charge in [-0.05, 0) is 11.5 Å². The number of benzene rings is 1. The molecule has 0 saturated carbocycles. The van der Waals surface area contributed by atoms with Crippen LogP contribution < -0.4 is 0 Å². The van der Waals surface area contributed by atoms with Crippen LogP contribution in [0.5, 0.6) is 0 Å². The number of hydrogen-bond acceptors (Lipinski definition) is 2. The molecule has 1 radical (unpaired) electrons. The topological polar surface area (TPSA) is 30.7 Å². The normalized spacial score (nSPS) is 10.9. The summed E-state index contributed by atoms with van der Waals surface area (Å²) in [6.45, 7) is 4.37. The van der Waals surface area contributed by atoms with Gasteiger partial charge < -0.3 is 0 Å². The predicted octanol–water partition coefficient (Wildman–Crippen LogP) is 2.41. The van der Waals surface area contributed by atoms with E-state index in [2.05, 4.69) is 54.5 Å². The zero-order valence-electron chi connectivity index (χ0n) is 9.23. The molecule has 3 heteroatoms. The highest BCUT2D eigenvalue weighted by Crippen LogP contribution is 2.20. The van der Waals surface area contributed by atoms with Gasteiger partial charge in [-0.2, -0.15) is 0 Å². The zero-order chi connectivity index (χ0) is 10.8. The van der Waals surface area contributed by atoms with Crippen molar-refractivity contribution in [2.24, 2.45) is 7.05 Å². The fourth-order valence-corrected chi connectivity index (χ4v) is 1.52. The molecule has 0 aliphatic rings. The van der Waals surface area contributed by atoms with Gasteiger partial charge in [-0.15, -0.1) is 5.10 Å². The van der Waals surface area contributed by atoms with E-state index < -0.39 is 0 Å². The fraction of sp³-hybridized carbons (Fsp3) is 0.333. The van der Waals surface area contributed by atoms with Crippen LogP contribution >= 0.6 is 0 Å². The minimum absolute atomic E-state index is 0.560. The largest absolute Gasteiger partial charge is 0.248 e. The van der Waals surface area contributed by atoms with Crippen LogP contribution in [-0.4, -0.2) is 14.8 Å². The van der Waals surface area contributed by atoms with Crippen LogP contribution in [0.15, 0.2) is 24.3 Å². The Morgan fingerprint density at radius 2 is 1.87 bits per heavy atom. The number of aromatic nitrogens is 3. The molecule has 3 nitrogen and oxygen atoms in total. The molecular formula is C12H14N3. The molecule has 1 heterocycles. The average Bonchev–Trinajstić information content (AvgIpc) is 2.65. The lowest BCUT2D eigenvalue weighted by Crippen LogP contribution is -1.95. The van der Waals surface area contributed by atoms with Crippen molar-refractivity contribution in [3.63, 3.8) is 0 Å². The van der Waals surface area contributed by atoms with Crippen molar-refractivity contribution in [1.29, 1.82) is 0 Å². The lowest BCUT2D eigenvalue weighted by molar-refractivity contribution is 0.772. The Bertz CT molecular complexity index is 440. The summed E-state index contributed by atoms with van der Waals surface area (Å²) in [7, 11) is 1.87. The molecule has 0 aliphatic heterocycles. The first-order chi connectivity index (χ1) is 7.18. The van der Waals surface area contributed by atoms with Crippen molar-refractivity contribution < 1.29 is 0 Å². The molecule has 0 saturated heterocycles. The summed E-state index contributed by atoms with van der Waals surface area (Å²) in [6, 6.07) is 8.42. The molecule has 1 aromatic heterocycles. The molecule has 0 spiro atoms. The van der Waals surface area contributed by atoms with E-state index in [0.717, 1.165) is 11.4 Å². The summed E-state index contributed by atoms with van der Waals surface area (Å²) in [5.74, 6) is 1.41. The van der Waals surface area contributed by atoms with E-state index in [4.69, 9.17) is 0 Å². The highest BCUT2D eigenvalue weighted by Gasteiger charge is 2.05. The van der Waals surface area contributed by atoms with E-state index >= 15 is 0 Å². The van der Waals surface area contributed by atoms with Crippen LogP contribution in [0.1, 0.15) is 25.3 Å². The van der Waals surface area contributed by atoms with Gasteiger partial charge in [0.1, 0.15) is 0 Å². The molecular weight excluding hydrogens is 186 g/mol. The molecule has 77 valence electrons. The second kappa shape index (κ2) is 3.85. The van der Waals surface area contributed by atoms with Crippen molar-refractivity contribution in [1.82, 2.24) is 14.8 Å². The Kier molecular flexibility index (Phi) is 2.54. The third-order valence-corrected chi connectivity index (χ3v) is 2.49. The lowest BCUT2D eigenvalue weighted by atomic mass is 10.0. The van der Waals surface area contributed by atoms with Gasteiger partial charge in [-0.1, -0.05) is 38.1 Å². The Hall–Kier alpha value is -1.64. The third kappa shape index (κ3) is 1.91. The monoisotopic (exact) mass is 200 g/mol. The fourth-order valence-electron chi connectivity index (χ4n) is 1.52. The van der Waals surface area contributed by atoms with Crippen molar-refractivity contribution in [3.8, 4) is 11.4 Å². The minimum atomic E-state index is 0.560. The average molecular weight is 200 g/mol. The third-order valence-electron chi connectivity index (χ3n) is 2.49. The summed E-state index contributed by atoms with van der Waals surface area (Å²) < 4.78 is 1.73. The van der Waals surface area contributed by atoms with Gasteiger partial charge >= 0.3 is 0 Å². The van der Waals surface area contributed by atoms with Gasteiger partial charge in [0.05, 0.1) is 0 Å². The van der Waals surface area contributed by atoms with Crippen LogP contribution in [0.3, 0.4) is 0 Å². The summed E-state index contributed by atoms with van der Waals surface area (Å²) in [5, 5.41) is 3.93. The number of nitrogens with zero attached hydrogens (tertiary/aromatic N) is 3. The van der Waals surface area contributed by atoms with Crippen LogP contribution in [0.2, 0.25) is 0 Å². The first kappa shape index (κ1) is 9.90. The van der Waals surface area contributed by atoms with Gasteiger partial charge in [0.15, 0.2) is 5.82 Å². The molecule has 15 heavy (non-hydrogen) atoms. The van der Waals surface area contributed by atoms with E-state index in [9.17, 15) is 0 Å². The predicted molar refractivity (Wildman–Crippen MR) is 59.4 cm³/mol. The quantitative estimate of drug-likeness (QED) is 0.745. The van der Waals surface area contributed by atoms with Gasteiger partial charge in [0.2, 0.25) is 6.33 Å². The molecule has 0 atom stereocenters. The van der Waals surface area contributed by atoms with E-state index in [0.29, 0.717) is 5.92 Å². The van der Waals surface area contributed by atoms with Crippen molar-refractivity contribution in [2.45, 2.75) is 19.8 Å². The Morgan fingerprint density at radius 1 is 1.20 bits per heavy atom. The summed E-state index contributed by atoms with van der Waals surface area (Å²) in [4.78, 5) is 4.09. The van der Waals surface area contributed by atoms with E-state index in [1.807, 2.05) is 7.05 Å². The van der Waals surface area contributed by atoms with Gasteiger partial charge in [0, 0.05) is 12.6 Å². The summed E-state index contributed by atoms with van der Waals surface area (Å²) >= 11 is 0. The number of rotatable bonds is 2. The Labute approximate surface area is 89.8 Å². The van der Waals surface area contributed by atoms with E-state index in [-0.39, 0.29) is 0 Å². The SMILES string of the molecule is CC(C)c1ccc(-c2n[c]nn2C)cc1. The Balaban J connectivity index is 2.36. The lowest BCUT2D eigenvalue weighted by Gasteiger charge is -2.06. The molecule has 2 aromatic rings. The van der Waals surface area contributed by atoms with Crippen molar-refractivity contribution >= 4 is 0 Å². The smallest absolute Gasteiger partial charge is 0.221 e. The molecule has 1 aromatic carbocycles. The number of aryl methyl sites for hydroxylation is 1. The van der Waals surface area contributed by atoms with Crippen LogP contribution in [0.4, 0.5) is 0 Å². The van der Waals surface area contributed by atoms with Crippen LogP contribution in [0, 0.1) is 6.33 Å². The first-order valence-electron chi connectivity index (χ1n) is 5.06. The van der Waals surface area contributed by atoms with Crippen LogP contribution in [0.25, 0.3) is 11.4 Å². The standard InChI is InChI=1S/C12H14N3/c1-9(2)10-4-6-11(7-5-10)12-13-8-14-15(12)3/h4-7,9H,1-3H3. The van der Waals surface area contributed by atoms with E-state index in [1.165, 1.54) is 5.56 Å². The molecule has 0 bridgehead atoms. The second-order valence-corrected chi connectivity index (χ2v) is 3.94. The highest BCUT2D eigenvalue weighted by atomic mass is 15.3. The molecule has 2 rings (SSSR count). The summed E-state index contributed by atoms with van der Waals surface area (Å²) in [6.07, 6.45) is 2.60. The minimum Gasteiger partial charge on any atom is -0.248 e. The molecule has 0 fully saturated rings. The van der Waals surface area contributed by atoms with Gasteiger partial charge in [-0.25, -0.2) is 9.67 Å². The molecule has 0 amide bonds. The van der Waals surface area contributed by atoms with Crippen molar-refractivity contribution in [3.05, 3.63) is 36.2 Å². The molecule has 0 N–H and O–H groups in total. The Morgan fingerprint density at radius 3 is 2.33 bits per heavy atom. The second-order valence-electron chi connectivity index (χ2n) is 3.94. The van der Waals surface area contributed by atoms with Crippen LogP contribution in [-0.2, 0) is 7.05 Å². The zero-order valence-corrected chi connectivity index (χ0v) is 9.23. The van der Waals surface area contributed by atoms with E-state index in [1.54, 1.807) is 4.68 Å². The maximum atomic E-state index is 4.09. The maximum Gasteiger partial charge on any atom is 0.221 e. The molecule has 0 aliphatic carbocycles. The maximum absolute atomic E-state index is 4.09. The highest BCUT2D eigenvalue weighted by molar-refractivity contribution is 5.55. The van der Waals surface area contributed by atoms with Crippen molar-refractivity contribution in [2.75, 3.05) is 0 Å². The van der Waals surface area contributed by atoms with Gasteiger partial charge in [-0.3, -0.25) is 0 Å².